The molecule has 8 heteroatoms. The molecule has 7 nitrogen and oxygen atoms in total. The van der Waals surface area contributed by atoms with Crippen molar-refractivity contribution in [2.45, 2.75) is 26.7 Å². The number of aryl methyl sites for hydroxylation is 1. The molecule has 0 spiro atoms. The second-order valence-corrected chi connectivity index (χ2v) is 8.73. The fourth-order valence-corrected chi connectivity index (χ4v) is 4.20. The van der Waals surface area contributed by atoms with E-state index in [-0.39, 0.29) is 30.9 Å². The van der Waals surface area contributed by atoms with Gasteiger partial charge in [0, 0.05) is 0 Å². The van der Waals surface area contributed by atoms with Crippen LogP contribution in [0.25, 0.3) is 6.08 Å². The van der Waals surface area contributed by atoms with E-state index in [1.54, 1.807) is 24.3 Å². The number of benzene rings is 2. The van der Waals surface area contributed by atoms with Crippen molar-refractivity contribution >= 4 is 29.0 Å². The molecule has 0 bridgehead atoms. The van der Waals surface area contributed by atoms with Crippen LogP contribution in [0.15, 0.2) is 41.3 Å². The van der Waals surface area contributed by atoms with Crippen molar-refractivity contribution in [2.24, 2.45) is 0 Å². The molecule has 1 saturated heterocycles. The summed E-state index contributed by atoms with van der Waals surface area (Å²) in [5, 5.41) is 8.35. The number of ether oxygens (including phenoxy) is 3. The van der Waals surface area contributed by atoms with Gasteiger partial charge in [-0.3, -0.25) is 14.5 Å². The van der Waals surface area contributed by atoms with Gasteiger partial charge in [-0.25, -0.2) is 0 Å². The van der Waals surface area contributed by atoms with Crippen molar-refractivity contribution in [3.05, 3.63) is 58.0 Å². The van der Waals surface area contributed by atoms with Crippen LogP contribution >= 0.6 is 11.8 Å². The molecule has 0 radical (unpaired) electrons. The lowest BCUT2D eigenvalue weighted by Crippen LogP contribution is -2.32. The van der Waals surface area contributed by atoms with E-state index in [2.05, 4.69) is 13.8 Å². The van der Waals surface area contributed by atoms with Gasteiger partial charge in [0.2, 0.25) is 0 Å². The van der Waals surface area contributed by atoms with Gasteiger partial charge in [0.15, 0.2) is 18.1 Å². The number of carbonyl (C=O) groups is 2. The summed E-state index contributed by atoms with van der Waals surface area (Å²) >= 11 is 0.893. The predicted octanol–water partition coefficient (Wildman–Crippen LogP) is 5.14. The number of thioether (sulfide) groups is 1. The molecular weight excluding hydrogens is 440 g/mol. The Kier molecular flexibility index (Phi) is 8.01. The largest absolute Gasteiger partial charge is 0.493 e. The lowest BCUT2D eigenvalue weighted by molar-refractivity contribution is -0.123. The van der Waals surface area contributed by atoms with Crippen LogP contribution < -0.4 is 14.2 Å². The van der Waals surface area contributed by atoms with Crippen LogP contribution in [0.4, 0.5) is 4.79 Å². The monoisotopic (exact) mass is 466 g/mol. The standard InChI is InChI=1S/C25H26N2O5S/c1-16(2)19-7-5-17(3)13-21(19)32-12-10-27-24(28)23(33-25(27)29)15-18-6-8-20(31-11-9-26)22(14-18)30-4/h5-8,13-16H,10-12H2,1-4H3/b23-15-. The topological polar surface area (TPSA) is 88.9 Å². The van der Waals surface area contributed by atoms with E-state index in [9.17, 15) is 9.59 Å². The molecular formula is C25H26N2O5S. The number of amides is 2. The van der Waals surface area contributed by atoms with Crippen molar-refractivity contribution in [2.75, 3.05) is 26.9 Å². The summed E-state index contributed by atoms with van der Waals surface area (Å²) in [5.41, 5.74) is 2.85. The SMILES string of the molecule is COc1cc(/C=C2\SC(=O)N(CCOc3cc(C)ccc3C(C)C)C2=O)ccc1OCC#N. The van der Waals surface area contributed by atoms with Crippen LogP contribution in [-0.4, -0.2) is 42.9 Å². The smallest absolute Gasteiger partial charge is 0.293 e. The van der Waals surface area contributed by atoms with Crippen LogP contribution in [0.1, 0.15) is 36.5 Å². The Morgan fingerprint density at radius 2 is 1.88 bits per heavy atom. The molecule has 0 saturated carbocycles. The van der Waals surface area contributed by atoms with Gasteiger partial charge < -0.3 is 14.2 Å². The molecule has 1 aliphatic rings. The Bertz CT molecular complexity index is 1120. The molecule has 0 N–H and O–H groups in total. The highest BCUT2D eigenvalue weighted by Gasteiger charge is 2.34. The number of carbonyl (C=O) groups excluding carboxylic acids is 2. The first-order chi connectivity index (χ1) is 15.8. The minimum Gasteiger partial charge on any atom is -0.493 e. The second-order valence-electron chi connectivity index (χ2n) is 7.73. The third kappa shape index (κ3) is 5.88. The van der Waals surface area contributed by atoms with E-state index < -0.39 is 0 Å². The molecule has 0 aromatic heterocycles. The molecule has 172 valence electrons. The molecule has 3 rings (SSSR count). The molecule has 2 aromatic carbocycles. The van der Waals surface area contributed by atoms with E-state index in [4.69, 9.17) is 19.5 Å². The summed E-state index contributed by atoms with van der Waals surface area (Å²) in [6.45, 7) is 6.46. The minimum absolute atomic E-state index is 0.0993. The lowest BCUT2D eigenvalue weighted by atomic mass is 10.0. The molecule has 0 atom stereocenters. The van der Waals surface area contributed by atoms with Gasteiger partial charge >= 0.3 is 0 Å². The van der Waals surface area contributed by atoms with E-state index >= 15 is 0 Å². The Hall–Kier alpha value is -3.44. The molecule has 33 heavy (non-hydrogen) atoms. The zero-order chi connectivity index (χ0) is 24.0. The van der Waals surface area contributed by atoms with Crippen LogP contribution in [0, 0.1) is 18.3 Å². The van der Waals surface area contributed by atoms with Crippen LogP contribution in [0.2, 0.25) is 0 Å². The van der Waals surface area contributed by atoms with Crippen LogP contribution in [0.5, 0.6) is 17.2 Å². The number of nitrogens with zero attached hydrogens (tertiary/aromatic N) is 2. The highest BCUT2D eigenvalue weighted by atomic mass is 32.2. The summed E-state index contributed by atoms with van der Waals surface area (Å²) in [6.07, 6.45) is 1.64. The molecule has 1 aliphatic heterocycles. The summed E-state index contributed by atoms with van der Waals surface area (Å²) in [5.74, 6) is 1.59. The number of nitriles is 1. The number of methoxy groups -OCH3 is 1. The molecule has 2 aromatic rings. The first-order valence-corrected chi connectivity index (χ1v) is 11.3. The second kappa shape index (κ2) is 10.9. The lowest BCUT2D eigenvalue weighted by Gasteiger charge is -2.17. The van der Waals surface area contributed by atoms with Gasteiger partial charge in [-0.1, -0.05) is 32.0 Å². The first kappa shape index (κ1) is 24.2. The zero-order valence-electron chi connectivity index (χ0n) is 19.1. The Morgan fingerprint density at radius 1 is 1.09 bits per heavy atom. The average Bonchev–Trinajstić information content (AvgIpc) is 3.05. The molecule has 1 fully saturated rings. The van der Waals surface area contributed by atoms with Crippen molar-refractivity contribution in [3.8, 4) is 23.3 Å². The third-order valence-corrected chi connectivity index (χ3v) is 5.92. The summed E-state index contributed by atoms with van der Waals surface area (Å²) in [7, 11) is 1.49. The van der Waals surface area contributed by atoms with E-state index in [0.717, 1.165) is 28.6 Å². The van der Waals surface area contributed by atoms with Gasteiger partial charge in [0.05, 0.1) is 18.6 Å². The molecule has 2 amide bonds. The van der Waals surface area contributed by atoms with Crippen LogP contribution in [-0.2, 0) is 4.79 Å². The number of hydrogen-bond acceptors (Lipinski definition) is 7. The highest BCUT2D eigenvalue weighted by molar-refractivity contribution is 8.18. The quantitative estimate of drug-likeness (QED) is 0.473. The fraction of sp³-hybridized carbons (Fsp3) is 0.320. The van der Waals surface area contributed by atoms with E-state index in [1.165, 1.54) is 12.0 Å². The Morgan fingerprint density at radius 3 is 2.58 bits per heavy atom. The van der Waals surface area contributed by atoms with Gasteiger partial charge in [0.1, 0.15) is 18.4 Å². The average molecular weight is 467 g/mol. The molecule has 1 heterocycles. The molecule has 0 unspecified atom stereocenters. The van der Waals surface area contributed by atoms with Crippen molar-refractivity contribution in [3.63, 3.8) is 0 Å². The number of imide groups is 1. The predicted molar refractivity (Wildman–Crippen MR) is 128 cm³/mol. The summed E-state index contributed by atoms with van der Waals surface area (Å²) in [4.78, 5) is 26.8. The fourth-order valence-electron chi connectivity index (χ4n) is 3.34. The zero-order valence-corrected chi connectivity index (χ0v) is 19.9. The maximum atomic E-state index is 12.8. The molecule has 0 aliphatic carbocycles. The summed E-state index contributed by atoms with van der Waals surface area (Å²) < 4.78 is 16.5. The highest BCUT2D eigenvalue weighted by Crippen LogP contribution is 2.34. The minimum atomic E-state index is -0.356. The van der Waals surface area contributed by atoms with E-state index in [0.29, 0.717) is 27.9 Å². The normalized spacial score (nSPS) is 14.7. The van der Waals surface area contributed by atoms with E-state index in [1.807, 2.05) is 31.2 Å². The maximum Gasteiger partial charge on any atom is 0.293 e. The maximum absolute atomic E-state index is 12.8. The Labute approximate surface area is 197 Å². The van der Waals surface area contributed by atoms with Crippen molar-refractivity contribution in [1.29, 1.82) is 5.26 Å². The van der Waals surface area contributed by atoms with Crippen molar-refractivity contribution < 1.29 is 23.8 Å². The van der Waals surface area contributed by atoms with Gasteiger partial charge in [-0.15, -0.1) is 0 Å². The summed E-state index contributed by atoms with van der Waals surface area (Å²) in [6, 6.07) is 13.0. The number of hydrogen-bond donors (Lipinski definition) is 0. The Balaban J connectivity index is 1.68. The van der Waals surface area contributed by atoms with Gasteiger partial charge in [0.25, 0.3) is 11.1 Å². The van der Waals surface area contributed by atoms with Gasteiger partial charge in [-0.05, 0) is 65.6 Å². The van der Waals surface area contributed by atoms with Crippen molar-refractivity contribution in [1.82, 2.24) is 4.90 Å². The van der Waals surface area contributed by atoms with Crippen LogP contribution in [0.3, 0.4) is 0 Å². The number of rotatable bonds is 9. The first-order valence-electron chi connectivity index (χ1n) is 10.5. The third-order valence-electron chi connectivity index (χ3n) is 5.01. The van der Waals surface area contributed by atoms with Gasteiger partial charge in [-0.2, -0.15) is 5.26 Å².